The summed E-state index contributed by atoms with van der Waals surface area (Å²) in [5, 5.41) is 10.6. The van der Waals surface area contributed by atoms with Gasteiger partial charge >= 0.3 is 0 Å². The smallest absolute Gasteiger partial charge is 0.246 e. The zero-order valence-corrected chi connectivity index (χ0v) is 19.7. The van der Waals surface area contributed by atoms with Crippen LogP contribution in [0.3, 0.4) is 0 Å². The Morgan fingerprint density at radius 3 is 2.27 bits per heavy atom. The molecule has 2 aromatic carbocycles. The van der Waals surface area contributed by atoms with Crippen molar-refractivity contribution < 1.29 is 19.1 Å². The number of hydrogen-bond donors (Lipinski definition) is 0. The molecule has 0 spiro atoms. The van der Waals surface area contributed by atoms with Gasteiger partial charge in [0.15, 0.2) is 23.1 Å². The summed E-state index contributed by atoms with van der Waals surface area (Å²) in [5.74, 6) is 1.28. The number of nitrogens with zero attached hydrogens (tertiary/aromatic N) is 4. The zero-order valence-electron chi connectivity index (χ0n) is 18.9. The van der Waals surface area contributed by atoms with Crippen molar-refractivity contribution in [2.75, 3.05) is 19.2 Å². The highest BCUT2D eigenvalue weighted by molar-refractivity contribution is 8.04. The Morgan fingerprint density at radius 1 is 0.909 bits per heavy atom. The van der Waals surface area contributed by atoms with Crippen molar-refractivity contribution in [2.45, 2.75) is 31.8 Å². The number of allylic oxidation sites excluding steroid dienone is 1. The van der Waals surface area contributed by atoms with E-state index in [1.807, 2.05) is 36.4 Å². The van der Waals surface area contributed by atoms with Crippen LogP contribution >= 0.6 is 11.8 Å². The largest absolute Gasteiger partial charge is 0.493 e. The van der Waals surface area contributed by atoms with Gasteiger partial charge in [0.25, 0.3) is 0 Å². The third-order valence-electron chi connectivity index (χ3n) is 5.23. The van der Waals surface area contributed by atoms with Gasteiger partial charge in [0.2, 0.25) is 11.1 Å². The van der Waals surface area contributed by atoms with Crippen LogP contribution < -0.4 is 14.5 Å². The Labute approximate surface area is 196 Å². The molecule has 1 aliphatic heterocycles. The molecule has 1 aliphatic rings. The van der Waals surface area contributed by atoms with E-state index in [9.17, 15) is 9.59 Å². The van der Waals surface area contributed by atoms with Gasteiger partial charge in [-0.25, -0.2) is 5.01 Å². The molecule has 0 atom stereocenters. The third-order valence-corrected chi connectivity index (χ3v) is 6.30. The highest BCUT2D eigenvalue weighted by atomic mass is 32.2. The molecule has 0 saturated carbocycles. The molecule has 8 nitrogen and oxygen atoms in total. The second-order valence-corrected chi connectivity index (χ2v) is 8.15. The summed E-state index contributed by atoms with van der Waals surface area (Å²) in [4.78, 5) is 26.8. The quantitative estimate of drug-likeness (QED) is 0.515. The lowest BCUT2D eigenvalue weighted by molar-refractivity contribution is -0.118. The van der Waals surface area contributed by atoms with Crippen molar-refractivity contribution in [1.29, 1.82) is 0 Å². The lowest BCUT2D eigenvalue weighted by atomic mass is 10.1. The van der Waals surface area contributed by atoms with E-state index in [0.29, 0.717) is 38.6 Å². The number of Topliss-reactive ketones (excluding diaryl/α,β-unsaturated/α-hetero) is 1. The Morgan fingerprint density at radius 2 is 1.64 bits per heavy atom. The van der Waals surface area contributed by atoms with Gasteiger partial charge in [-0.05, 0) is 30.0 Å². The Hall–Kier alpha value is -3.59. The number of amides is 1. The maximum atomic E-state index is 13.4. The van der Waals surface area contributed by atoms with E-state index >= 15 is 0 Å². The number of carbonyl (C=O) groups is 2. The number of thioether (sulfide) groups is 1. The van der Waals surface area contributed by atoms with Crippen LogP contribution in [0.15, 0.2) is 58.6 Å². The standard InChI is InChI=1S/C24H24N4O4S/c1-5-17(29)22-21(16-12-13-18(31-3)19(14-16)32-4)27(20(30)6-2)28-23(25-26-24(28)33-22)15-10-8-7-9-11-15/h7-14H,5-6H2,1-4H3. The molecule has 9 heteroatoms. The van der Waals surface area contributed by atoms with E-state index in [1.165, 1.54) is 16.8 Å². The van der Waals surface area contributed by atoms with Crippen molar-refractivity contribution in [1.82, 2.24) is 14.9 Å². The van der Waals surface area contributed by atoms with E-state index in [1.54, 1.807) is 44.9 Å². The summed E-state index contributed by atoms with van der Waals surface area (Å²) in [6.45, 7) is 3.58. The lowest BCUT2D eigenvalue weighted by Crippen LogP contribution is -2.42. The summed E-state index contributed by atoms with van der Waals surface area (Å²) >= 11 is 1.22. The van der Waals surface area contributed by atoms with Crippen molar-refractivity contribution in [3.05, 3.63) is 59.0 Å². The Balaban J connectivity index is 1.99. The summed E-state index contributed by atoms with van der Waals surface area (Å²) in [7, 11) is 3.10. The molecule has 0 unspecified atom stereocenters. The number of fused-ring (bicyclic) bond motifs is 1. The van der Waals surface area contributed by atoms with E-state index in [-0.39, 0.29) is 24.5 Å². The Kier molecular flexibility index (Phi) is 6.50. The minimum absolute atomic E-state index is 0.0887. The molecule has 1 aromatic heterocycles. The van der Waals surface area contributed by atoms with Crippen LogP contribution in [0.5, 0.6) is 11.5 Å². The minimum Gasteiger partial charge on any atom is -0.493 e. The first kappa shape index (κ1) is 22.6. The first-order valence-corrected chi connectivity index (χ1v) is 11.4. The highest BCUT2D eigenvalue weighted by Gasteiger charge is 2.36. The van der Waals surface area contributed by atoms with Gasteiger partial charge in [0.1, 0.15) is 0 Å². The maximum absolute atomic E-state index is 13.4. The van der Waals surface area contributed by atoms with E-state index in [4.69, 9.17) is 9.47 Å². The number of carbonyl (C=O) groups excluding carboxylic acids is 2. The predicted molar refractivity (Wildman–Crippen MR) is 127 cm³/mol. The van der Waals surface area contributed by atoms with Crippen LogP contribution in [-0.2, 0) is 9.59 Å². The first-order chi connectivity index (χ1) is 16.0. The fourth-order valence-corrected chi connectivity index (χ4v) is 4.66. The molecule has 0 aliphatic carbocycles. The highest BCUT2D eigenvalue weighted by Crippen LogP contribution is 2.43. The normalized spacial score (nSPS) is 13.0. The Bertz CT molecular complexity index is 1240. The van der Waals surface area contributed by atoms with Crippen LogP contribution in [0.4, 0.5) is 0 Å². The molecule has 2 heterocycles. The molecule has 170 valence electrons. The van der Waals surface area contributed by atoms with Crippen LogP contribution in [0, 0.1) is 0 Å². The molecule has 3 aromatic rings. The van der Waals surface area contributed by atoms with Gasteiger partial charge in [0.05, 0.1) is 24.8 Å². The molecule has 0 fully saturated rings. The molecule has 0 bridgehead atoms. The number of ketones is 1. The maximum Gasteiger partial charge on any atom is 0.246 e. The van der Waals surface area contributed by atoms with Gasteiger partial charge in [0, 0.05) is 24.0 Å². The number of aromatic nitrogens is 3. The van der Waals surface area contributed by atoms with Crippen molar-refractivity contribution in [2.24, 2.45) is 0 Å². The van der Waals surface area contributed by atoms with Crippen LogP contribution in [0.2, 0.25) is 0 Å². The second-order valence-electron chi connectivity index (χ2n) is 7.17. The van der Waals surface area contributed by atoms with Gasteiger partial charge in [-0.2, -0.15) is 4.68 Å². The van der Waals surface area contributed by atoms with Crippen molar-refractivity contribution in [3.63, 3.8) is 0 Å². The van der Waals surface area contributed by atoms with Crippen LogP contribution in [0.25, 0.3) is 17.1 Å². The summed E-state index contributed by atoms with van der Waals surface area (Å²) in [5.41, 5.74) is 1.93. The summed E-state index contributed by atoms with van der Waals surface area (Å²) in [6.07, 6.45) is 0.508. The summed E-state index contributed by atoms with van der Waals surface area (Å²) < 4.78 is 12.5. The van der Waals surface area contributed by atoms with Gasteiger partial charge in [-0.3, -0.25) is 9.59 Å². The topological polar surface area (TPSA) is 86.5 Å². The molecule has 4 rings (SSSR count). The SMILES string of the molecule is CCC(=O)C1=C(c2ccc(OC)c(OC)c2)N(C(=O)CC)n2c(nnc2-c2ccccc2)S1. The molecular formula is C24H24N4O4S. The molecule has 0 saturated heterocycles. The second kappa shape index (κ2) is 9.50. The lowest BCUT2D eigenvalue weighted by Gasteiger charge is -2.33. The fourth-order valence-electron chi connectivity index (χ4n) is 3.58. The zero-order chi connectivity index (χ0) is 23.5. The van der Waals surface area contributed by atoms with Crippen molar-refractivity contribution in [3.8, 4) is 22.9 Å². The average molecular weight is 465 g/mol. The fraction of sp³-hybridized carbons (Fsp3) is 0.250. The number of methoxy groups -OCH3 is 2. The molecule has 33 heavy (non-hydrogen) atoms. The monoisotopic (exact) mass is 464 g/mol. The average Bonchev–Trinajstić information content (AvgIpc) is 3.30. The molecule has 1 amide bonds. The number of hydrogen-bond acceptors (Lipinski definition) is 7. The number of benzene rings is 2. The van der Waals surface area contributed by atoms with E-state index in [2.05, 4.69) is 10.2 Å². The molecule has 0 radical (unpaired) electrons. The predicted octanol–water partition coefficient (Wildman–Crippen LogP) is 4.29. The van der Waals surface area contributed by atoms with E-state index in [0.717, 1.165) is 5.56 Å². The van der Waals surface area contributed by atoms with Crippen LogP contribution in [-0.4, -0.2) is 40.8 Å². The van der Waals surface area contributed by atoms with Gasteiger partial charge in [-0.15, -0.1) is 10.2 Å². The van der Waals surface area contributed by atoms with Gasteiger partial charge < -0.3 is 9.47 Å². The molecular weight excluding hydrogens is 440 g/mol. The number of ether oxygens (including phenoxy) is 2. The van der Waals surface area contributed by atoms with Gasteiger partial charge in [-0.1, -0.05) is 44.2 Å². The first-order valence-electron chi connectivity index (χ1n) is 10.6. The van der Waals surface area contributed by atoms with E-state index < -0.39 is 0 Å². The molecule has 0 N–H and O–H groups in total. The third kappa shape index (κ3) is 4.00. The summed E-state index contributed by atoms with van der Waals surface area (Å²) in [6, 6.07) is 14.9. The number of rotatable bonds is 7. The van der Waals surface area contributed by atoms with Crippen molar-refractivity contribution >= 4 is 29.1 Å². The minimum atomic E-state index is -0.195. The van der Waals surface area contributed by atoms with Crippen LogP contribution in [0.1, 0.15) is 32.3 Å².